The van der Waals surface area contributed by atoms with Gasteiger partial charge < -0.3 is 5.11 Å². The van der Waals surface area contributed by atoms with Gasteiger partial charge in [0.15, 0.2) is 0 Å². The van der Waals surface area contributed by atoms with Crippen molar-refractivity contribution in [2.45, 2.75) is 32.1 Å². The lowest BCUT2D eigenvalue weighted by molar-refractivity contribution is -0.145. The third-order valence-corrected chi connectivity index (χ3v) is 4.59. The number of amides is 2. The van der Waals surface area contributed by atoms with E-state index in [1.807, 2.05) is 0 Å². The van der Waals surface area contributed by atoms with Gasteiger partial charge in [-0.15, -0.1) is 0 Å². The second-order valence-corrected chi connectivity index (χ2v) is 5.79. The van der Waals surface area contributed by atoms with Gasteiger partial charge >= 0.3 is 5.97 Å². The first-order valence-electron chi connectivity index (χ1n) is 6.66. The zero-order valence-corrected chi connectivity index (χ0v) is 10.2. The monoisotopic (exact) mass is 251 g/mol. The van der Waals surface area contributed by atoms with Crippen LogP contribution in [0.4, 0.5) is 0 Å². The molecule has 1 heterocycles. The summed E-state index contributed by atoms with van der Waals surface area (Å²) in [6.45, 7) is 0.511. The fraction of sp³-hybridized carbons (Fsp3) is 0.769. The fourth-order valence-electron chi connectivity index (χ4n) is 3.28. The number of carbonyl (C=O) groups excluding carboxylic acids is 2. The number of piperidine rings is 1. The predicted molar refractivity (Wildman–Crippen MR) is 61.4 cm³/mol. The van der Waals surface area contributed by atoms with Gasteiger partial charge in [0.25, 0.3) is 0 Å². The molecule has 2 atom stereocenters. The molecule has 5 heteroatoms. The first-order valence-corrected chi connectivity index (χ1v) is 6.66. The third-order valence-electron chi connectivity index (χ3n) is 4.59. The van der Waals surface area contributed by atoms with Crippen LogP contribution in [0.15, 0.2) is 0 Å². The van der Waals surface area contributed by atoms with E-state index in [4.69, 9.17) is 5.11 Å². The average molecular weight is 251 g/mol. The molecule has 18 heavy (non-hydrogen) atoms. The summed E-state index contributed by atoms with van der Waals surface area (Å²) in [5.41, 5.74) is 0. The van der Waals surface area contributed by atoms with Crippen LogP contribution in [0.2, 0.25) is 0 Å². The number of hydrogen-bond acceptors (Lipinski definition) is 3. The zero-order chi connectivity index (χ0) is 12.9. The normalized spacial score (nSPS) is 38.8. The predicted octanol–water partition coefficient (Wildman–Crippen LogP) is 0.882. The van der Waals surface area contributed by atoms with Crippen molar-refractivity contribution in [2.75, 3.05) is 6.54 Å². The van der Waals surface area contributed by atoms with Crippen molar-refractivity contribution in [3.8, 4) is 0 Å². The molecule has 0 aromatic rings. The van der Waals surface area contributed by atoms with Gasteiger partial charge in [0.05, 0.1) is 17.8 Å². The summed E-state index contributed by atoms with van der Waals surface area (Å²) in [7, 11) is 0. The Morgan fingerprint density at radius 2 is 1.67 bits per heavy atom. The van der Waals surface area contributed by atoms with Crippen molar-refractivity contribution in [2.24, 2.45) is 23.7 Å². The Kier molecular flexibility index (Phi) is 2.64. The Hall–Kier alpha value is -1.39. The Labute approximate surface area is 105 Å². The topological polar surface area (TPSA) is 74.7 Å². The molecule has 5 nitrogen and oxygen atoms in total. The highest BCUT2D eigenvalue weighted by Gasteiger charge is 2.58. The van der Waals surface area contributed by atoms with Gasteiger partial charge in [-0.25, -0.2) is 0 Å². The van der Waals surface area contributed by atoms with Crippen molar-refractivity contribution in [1.82, 2.24) is 4.90 Å². The van der Waals surface area contributed by atoms with Gasteiger partial charge in [-0.05, 0) is 38.0 Å². The Bertz CT molecular complexity index is 391. The average Bonchev–Trinajstić information content (AvgIpc) is 3.10. The molecule has 1 N–H and O–H groups in total. The SMILES string of the molecule is O=C(O)C1CCC(CN2C(=O)C3CC3C2=O)CC1. The summed E-state index contributed by atoms with van der Waals surface area (Å²) in [5.74, 6) is -0.690. The summed E-state index contributed by atoms with van der Waals surface area (Å²) in [4.78, 5) is 35.9. The molecule has 0 bridgehead atoms. The molecule has 1 saturated heterocycles. The van der Waals surface area contributed by atoms with Crippen LogP contribution in [0.5, 0.6) is 0 Å². The van der Waals surface area contributed by atoms with Gasteiger partial charge in [-0.1, -0.05) is 0 Å². The molecular weight excluding hydrogens is 234 g/mol. The second kappa shape index (κ2) is 4.07. The molecule has 2 unspecified atom stereocenters. The van der Waals surface area contributed by atoms with Crippen LogP contribution in [0.25, 0.3) is 0 Å². The maximum absolute atomic E-state index is 11.8. The molecule has 3 fully saturated rings. The Balaban J connectivity index is 1.54. The number of fused-ring (bicyclic) bond motifs is 1. The lowest BCUT2D eigenvalue weighted by atomic mass is 9.82. The minimum Gasteiger partial charge on any atom is -0.481 e. The van der Waals surface area contributed by atoms with Gasteiger partial charge in [0.1, 0.15) is 0 Å². The van der Waals surface area contributed by atoms with E-state index < -0.39 is 5.97 Å². The van der Waals surface area contributed by atoms with E-state index in [0.717, 1.165) is 19.3 Å². The lowest BCUT2D eigenvalue weighted by Crippen LogP contribution is -2.38. The summed E-state index contributed by atoms with van der Waals surface area (Å²) in [5, 5.41) is 8.91. The summed E-state index contributed by atoms with van der Waals surface area (Å²) < 4.78 is 0. The molecule has 2 saturated carbocycles. The number of likely N-dealkylation sites (tertiary alicyclic amines) is 1. The van der Waals surface area contributed by atoms with Gasteiger partial charge in [0.2, 0.25) is 11.8 Å². The molecular formula is C13H17NO4. The summed E-state index contributed by atoms with van der Waals surface area (Å²) in [6.07, 6.45) is 3.71. The smallest absolute Gasteiger partial charge is 0.306 e. The molecule has 1 aliphatic heterocycles. The van der Waals surface area contributed by atoms with Crippen molar-refractivity contribution in [3.63, 3.8) is 0 Å². The maximum atomic E-state index is 11.8. The Morgan fingerprint density at radius 1 is 1.11 bits per heavy atom. The number of carboxylic acid groups (broad SMARTS) is 1. The number of rotatable bonds is 3. The third kappa shape index (κ3) is 1.82. The molecule has 0 radical (unpaired) electrons. The molecule has 98 valence electrons. The highest BCUT2D eigenvalue weighted by atomic mass is 16.4. The molecule has 2 amide bonds. The minimum atomic E-state index is -0.719. The van der Waals surface area contributed by atoms with Crippen LogP contribution in [-0.2, 0) is 14.4 Å². The number of aliphatic carboxylic acids is 1. The molecule has 3 aliphatic rings. The van der Waals surface area contributed by atoms with E-state index in [1.165, 1.54) is 4.90 Å². The highest BCUT2D eigenvalue weighted by molar-refractivity contribution is 6.08. The van der Waals surface area contributed by atoms with Gasteiger partial charge in [-0.3, -0.25) is 19.3 Å². The second-order valence-electron chi connectivity index (χ2n) is 5.79. The first kappa shape index (κ1) is 11.7. The van der Waals surface area contributed by atoms with Crippen molar-refractivity contribution in [3.05, 3.63) is 0 Å². The molecule has 0 aromatic heterocycles. The van der Waals surface area contributed by atoms with E-state index in [-0.39, 0.29) is 29.6 Å². The van der Waals surface area contributed by atoms with Crippen LogP contribution in [0.3, 0.4) is 0 Å². The standard InChI is InChI=1S/C13H17NO4/c15-11-9-5-10(9)12(16)14(11)6-7-1-3-8(4-2-7)13(17)18/h7-10H,1-6H2,(H,17,18). The fourth-order valence-corrected chi connectivity index (χ4v) is 3.28. The van der Waals surface area contributed by atoms with E-state index in [2.05, 4.69) is 0 Å². The molecule has 2 aliphatic carbocycles. The van der Waals surface area contributed by atoms with Crippen LogP contribution < -0.4 is 0 Å². The van der Waals surface area contributed by atoms with Crippen LogP contribution >= 0.6 is 0 Å². The highest BCUT2D eigenvalue weighted by Crippen LogP contribution is 2.47. The summed E-state index contributed by atoms with van der Waals surface area (Å²) >= 11 is 0. The molecule has 0 aromatic carbocycles. The maximum Gasteiger partial charge on any atom is 0.306 e. The molecule has 0 spiro atoms. The van der Waals surface area contributed by atoms with Gasteiger partial charge in [-0.2, -0.15) is 0 Å². The number of hydrogen-bond donors (Lipinski definition) is 1. The molecule has 3 rings (SSSR count). The first-order chi connectivity index (χ1) is 8.58. The lowest BCUT2D eigenvalue weighted by Gasteiger charge is -2.29. The number of nitrogens with zero attached hydrogens (tertiary/aromatic N) is 1. The summed E-state index contributed by atoms with van der Waals surface area (Å²) in [6, 6.07) is 0. The number of carboxylic acids is 1. The minimum absolute atomic E-state index is 0.00496. The van der Waals surface area contributed by atoms with E-state index >= 15 is 0 Å². The van der Waals surface area contributed by atoms with Crippen LogP contribution in [0, 0.1) is 23.7 Å². The van der Waals surface area contributed by atoms with Crippen LogP contribution in [-0.4, -0.2) is 34.3 Å². The van der Waals surface area contributed by atoms with E-state index in [1.54, 1.807) is 0 Å². The number of imide groups is 1. The van der Waals surface area contributed by atoms with E-state index in [9.17, 15) is 14.4 Å². The number of carbonyl (C=O) groups is 3. The van der Waals surface area contributed by atoms with Gasteiger partial charge in [0, 0.05) is 6.54 Å². The largest absolute Gasteiger partial charge is 0.481 e. The quantitative estimate of drug-likeness (QED) is 0.756. The van der Waals surface area contributed by atoms with Crippen molar-refractivity contribution < 1.29 is 19.5 Å². The van der Waals surface area contributed by atoms with E-state index in [0.29, 0.717) is 25.3 Å². The Morgan fingerprint density at radius 3 is 2.17 bits per heavy atom. The van der Waals surface area contributed by atoms with Crippen molar-refractivity contribution >= 4 is 17.8 Å². The van der Waals surface area contributed by atoms with Crippen LogP contribution in [0.1, 0.15) is 32.1 Å². The van der Waals surface area contributed by atoms with Crippen molar-refractivity contribution in [1.29, 1.82) is 0 Å². The zero-order valence-electron chi connectivity index (χ0n) is 10.2.